The number of rotatable bonds is 5. The van der Waals surface area contributed by atoms with Gasteiger partial charge in [0.05, 0.1) is 34.5 Å². The molecule has 334 valence electrons. The fraction of sp³-hybridized carbons (Fsp3) is 0.129. The van der Waals surface area contributed by atoms with Crippen molar-refractivity contribution in [3.8, 4) is 73.2 Å². The Labute approximate surface area is 430 Å². The number of aromatic nitrogens is 4. The Morgan fingerprint density at radius 1 is 0.559 bits per heavy atom. The molecule has 0 aliphatic carbocycles. The Hall–Kier alpha value is -7.33. The number of imidazole rings is 1. The van der Waals surface area contributed by atoms with Gasteiger partial charge in [0.2, 0.25) is 0 Å². The quantitative estimate of drug-likeness (QED) is 0.127. The first kappa shape index (κ1) is 30.9. The second-order valence-corrected chi connectivity index (χ2v) is 18.7. The van der Waals surface area contributed by atoms with Crippen molar-refractivity contribution in [3.05, 3.63) is 211 Å². The van der Waals surface area contributed by atoms with Crippen LogP contribution in [0, 0.1) is 18.5 Å². The van der Waals surface area contributed by atoms with Crippen LogP contribution >= 0.6 is 0 Å². The summed E-state index contributed by atoms with van der Waals surface area (Å²) in [6.45, 7) is 12.2. The van der Waals surface area contributed by atoms with Gasteiger partial charge >= 0.3 is 0 Å². The summed E-state index contributed by atoms with van der Waals surface area (Å²) in [4.78, 5) is 4.82. The Kier molecular flexibility index (Phi) is 7.47. The summed E-state index contributed by atoms with van der Waals surface area (Å²) < 4.78 is 132. The van der Waals surface area contributed by atoms with Gasteiger partial charge in [0.1, 0.15) is 5.82 Å². The Bertz CT molecular complexity index is 4510. The second-order valence-electron chi connectivity index (χ2n) is 18.7. The molecule has 0 unspecified atom stereocenters. The van der Waals surface area contributed by atoms with Gasteiger partial charge in [0.15, 0.2) is 0 Å². The maximum Gasteiger partial charge on any atom is 0.268 e. The average Bonchev–Trinajstić information content (AvgIpc) is 4.25. The molecular weight excluding hydrogens is 1010 g/mol. The number of fused-ring (bicyclic) bond motifs is 10. The minimum atomic E-state index is -0.738. The third kappa shape index (κ3) is 7.20. The Balaban J connectivity index is 0.00000690. The van der Waals surface area contributed by atoms with Gasteiger partial charge in [-0.1, -0.05) is 174 Å². The molecule has 0 fully saturated rings. The smallest absolute Gasteiger partial charge is 0.268 e. The molecule has 11 aromatic rings. The van der Waals surface area contributed by atoms with Gasteiger partial charge in [-0.2, -0.15) is 18.2 Å². The number of hydrogen-bond donors (Lipinski definition) is 0. The van der Waals surface area contributed by atoms with Crippen LogP contribution in [0.5, 0.6) is 11.5 Å². The molecule has 68 heavy (non-hydrogen) atoms. The zero-order valence-corrected chi connectivity index (χ0v) is 40.1. The fourth-order valence-corrected chi connectivity index (χ4v) is 9.10. The molecule has 5 nitrogen and oxygen atoms in total. The summed E-state index contributed by atoms with van der Waals surface area (Å²) in [6.07, 6.45) is 5.30. The predicted octanol–water partition coefficient (Wildman–Crippen LogP) is 15.2. The monoisotopic (exact) mass is 1070 g/mol. The summed E-state index contributed by atoms with van der Waals surface area (Å²) in [5, 5.41) is 1.95. The largest absolute Gasteiger partial charge is 0.510 e. The molecule has 4 heterocycles. The van der Waals surface area contributed by atoms with Gasteiger partial charge in [0, 0.05) is 44.3 Å². The van der Waals surface area contributed by atoms with Crippen LogP contribution in [-0.2, 0) is 31.9 Å². The van der Waals surface area contributed by atoms with Crippen LogP contribution in [-0.4, -0.2) is 14.1 Å². The van der Waals surface area contributed by atoms with Crippen molar-refractivity contribution >= 4 is 32.8 Å². The molecule has 0 bridgehead atoms. The van der Waals surface area contributed by atoms with Gasteiger partial charge in [-0.05, 0) is 95.7 Å². The molecule has 1 aliphatic rings. The van der Waals surface area contributed by atoms with Gasteiger partial charge in [-0.3, -0.25) is 4.57 Å². The van der Waals surface area contributed by atoms with Crippen molar-refractivity contribution in [2.45, 2.75) is 52.4 Å². The summed E-state index contributed by atoms with van der Waals surface area (Å²) in [5.74, 6) is 1.39. The molecule has 3 aromatic heterocycles. The van der Waals surface area contributed by atoms with Crippen molar-refractivity contribution in [3.63, 3.8) is 0 Å². The summed E-state index contributed by atoms with van der Waals surface area (Å²) >= 11 is 0. The van der Waals surface area contributed by atoms with E-state index in [4.69, 9.17) is 19.3 Å². The van der Waals surface area contributed by atoms with Crippen LogP contribution in [0.15, 0.2) is 182 Å². The van der Waals surface area contributed by atoms with E-state index in [1.807, 2.05) is 63.4 Å². The SMILES string of the molecule is [2H]c1c([2H])c([2H])c(-c2cc(C(C)(C)C)cc3c2-[n+]2[c-]n(-c4[c-]c(Oc5[c-]c6c(cc5)c5ccccc5n6-c5cc(C(C)(C)C)ccn5)ccc4)c4cccc(c42)-c2c([2H])c([2H])c([2H])c([2H])c2-c2c([2H])c([2H])c([2H])c([2H])c2-3)c([2H])c1[2H].[Pt]. The average molecular weight is 1070 g/mol. The summed E-state index contributed by atoms with van der Waals surface area (Å²) in [6, 6.07) is 29.3. The molecule has 0 spiro atoms. The van der Waals surface area contributed by atoms with E-state index < -0.39 is 84.0 Å². The number of ether oxygens (including phenoxy) is 1. The first-order valence-corrected chi connectivity index (χ1v) is 22.0. The first-order valence-electron chi connectivity index (χ1n) is 28.5. The van der Waals surface area contributed by atoms with E-state index >= 15 is 0 Å². The molecule has 1 aliphatic heterocycles. The van der Waals surface area contributed by atoms with Crippen molar-refractivity contribution in [1.29, 1.82) is 0 Å². The molecule has 0 atom stereocenters. The van der Waals surface area contributed by atoms with Crippen LogP contribution in [0.4, 0.5) is 0 Å². The topological polar surface area (TPSA) is 35.9 Å². The normalized spacial score (nSPS) is 14.8. The van der Waals surface area contributed by atoms with Crippen molar-refractivity contribution in [1.82, 2.24) is 14.1 Å². The standard InChI is InChI=1S/C62H48N4O.Pt/c1-61(2,3)41-32-33-63-58(36-41)66-55-28-15-14-26-50(55)51-31-30-45(38-57(51)66)67-44-21-16-20-43(37-44)64-39-65-59-53(40-18-8-7-9-19-40)34-42(62(4,5)6)35-54(59)49-25-13-11-23-47(49)46-22-10-12-24-48(46)52-27-17-29-56(64)60(52)65;/h7-36H,1-6H3;/q-2;/i7D,8D,9D,10D,11D,12D,13D,18D,19D,22D,23D,24D,25D;. The van der Waals surface area contributed by atoms with Gasteiger partial charge in [-0.25, -0.2) is 4.98 Å². The molecule has 0 radical (unpaired) electrons. The number of benzene rings is 8. The first-order chi connectivity index (χ1) is 37.9. The fourth-order valence-electron chi connectivity index (χ4n) is 9.10. The zero-order valence-electron chi connectivity index (χ0n) is 50.8. The molecule has 0 saturated heterocycles. The second kappa shape index (κ2) is 16.5. The Morgan fingerprint density at radius 2 is 1.19 bits per heavy atom. The van der Waals surface area contributed by atoms with Crippen LogP contribution in [0.25, 0.3) is 94.5 Å². The molecule has 8 aromatic carbocycles. The van der Waals surface area contributed by atoms with Gasteiger partial charge in [-0.15, -0.1) is 29.7 Å². The molecule has 6 heteroatoms. The predicted molar refractivity (Wildman–Crippen MR) is 273 cm³/mol. The number of para-hydroxylation sites is 2. The molecule has 0 amide bonds. The molecule has 0 N–H and O–H groups in total. The summed E-state index contributed by atoms with van der Waals surface area (Å²) in [5.41, 5.74) is 3.24. The van der Waals surface area contributed by atoms with Gasteiger partial charge in [0.25, 0.3) is 6.33 Å². The number of hydrogen-bond acceptors (Lipinski definition) is 2. The van der Waals surface area contributed by atoms with Gasteiger partial charge < -0.3 is 13.9 Å². The van der Waals surface area contributed by atoms with E-state index in [-0.39, 0.29) is 87.9 Å². The minimum absolute atomic E-state index is 0. The minimum Gasteiger partial charge on any atom is -0.510 e. The Morgan fingerprint density at radius 3 is 1.93 bits per heavy atom. The van der Waals surface area contributed by atoms with Crippen molar-refractivity contribution < 1.29 is 48.2 Å². The van der Waals surface area contributed by atoms with Crippen LogP contribution in [0.1, 0.15) is 70.5 Å². The van der Waals surface area contributed by atoms with E-state index in [9.17, 15) is 8.22 Å². The zero-order chi connectivity index (χ0) is 56.9. The van der Waals surface area contributed by atoms with E-state index in [0.29, 0.717) is 22.5 Å². The maximum atomic E-state index is 9.75. The van der Waals surface area contributed by atoms with E-state index in [1.165, 1.54) is 0 Å². The van der Waals surface area contributed by atoms with E-state index in [2.05, 4.69) is 55.9 Å². The molecule has 12 rings (SSSR count). The third-order valence-corrected chi connectivity index (χ3v) is 12.4. The third-order valence-electron chi connectivity index (χ3n) is 12.4. The van der Waals surface area contributed by atoms with E-state index in [0.717, 1.165) is 33.2 Å². The molecule has 0 saturated carbocycles. The van der Waals surface area contributed by atoms with Crippen LogP contribution < -0.4 is 9.30 Å². The summed E-state index contributed by atoms with van der Waals surface area (Å²) in [7, 11) is 0. The van der Waals surface area contributed by atoms with Crippen LogP contribution in [0.2, 0.25) is 0 Å². The number of nitrogens with zero attached hydrogens (tertiary/aromatic N) is 4. The molecular formula is C62H48N4OPt-2. The van der Waals surface area contributed by atoms with Crippen LogP contribution in [0.3, 0.4) is 0 Å². The van der Waals surface area contributed by atoms with Crippen molar-refractivity contribution in [2.75, 3.05) is 0 Å². The van der Waals surface area contributed by atoms with E-state index in [1.54, 1.807) is 57.7 Å². The maximum absolute atomic E-state index is 9.75. The van der Waals surface area contributed by atoms with Crippen molar-refractivity contribution in [2.24, 2.45) is 0 Å². The number of pyridine rings is 1.